The lowest BCUT2D eigenvalue weighted by Crippen LogP contribution is -2.06. The highest BCUT2D eigenvalue weighted by Gasteiger charge is 2.13. The first-order valence-electron chi connectivity index (χ1n) is 7.97. The van der Waals surface area contributed by atoms with Gasteiger partial charge in [0.25, 0.3) is 0 Å². The van der Waals surface area contributed by atoms with Crippen molar-refractivity contribution in [1.82, 2.24) is 4.98 Å². The number of methoxy groups -OCH3 is 2. The van der Waals surface area contributed by atoms with E-state index >= 15 is 0 Å². The maximum atomic E-state index is 13.4. The number of aromatic amines is 1. The van der Waals surface area contributed by atoms with Gasteiger partial charge < -0.3 is 19.3 Å². The summed E-state index contributed by atoms with van der Waals surface area (Å²) < 4.78 is 23.8. The van der Waals surface area contributed by atoms with Crippen LogP contribution in [0.1, 0.15) is 13.8 Å². The fraction of sp³-hybridized carbons (Fsp3) is 0.200. The number of carbonyl (C=O) groups is 1. The molecule has 0 unspecified atom stereocenters. The standard InChI is InChI=1S/C17H14FNO3.C2H6.CH2O/c1-21-15-7-6-12-16(17(15)22-2)14(20)9-13(19-12)10-4-3-5-11(18)8-10;2*1-2/h3-9H,1-2H3,(H,19,20);1-2H3;1H2. The molecule has 0 aliphatic rings. The van der Waals surface area contributed by atoms with E-state index in [0.29, 0.717) is 33.7 Å². The Balaban J connectivity index is 0.000000791. The quantitative estimate of drug-likeness (QED) is 0.761. The zero-order valence-electron chi connectivity index (χ0n) is 15.3. The van der Waals surface area contributed by atoms with Gasteiger partial charge in [0.1, 0.15) is 12.6 Å². The highest BCUT2D eigenvalue weighted by molar-refractivity contribution is 5.89. The molecule has 3 aromatic rings. The minimum atomic E-state index is -0.356. The van der Waals surface area contributed by atoms with Crippen molar-refractivity contribution in [2.24, 2.45) is 0 Å². The van der Waals surface area contributed by atoms with Crippen molar-refractivity contribution in [2.45, 2.75) is 13.8 Å². The fourth-order valence-electron chi connectivity index (χ4n) is 2.47. The first-order chi connectivity index (χ1) is 12.6. The zero-order valence-corrected chi connectivity index (χ0v) is 15.3. The van der Waals surface area contributed by atoms with Crippen LogP contribution in [0.3, 0.4) is 0 Å². The summed E-state index contributed by atoms with van der Waals surface area (Å²) in [5.41, 5.74) is 1.53. The van der Waals surface area contributed by atoms with Crippen LogP contribution in [-0.4, -0.2) is 26.0 Å². The third-order valence-corrected chi connectivity index (χ3v) is 3.47. The van der Waals surface area contributed by atoms with E-state index in [0.717, 1.165) is 0 Å². The lowest BCUT2D eigenvalue weighted by atomic mass is 10.1. The first-order valence-corrected chi connectivity index (χ1v) is 7.97. The summed E-state index contributed by atoms with van der Waals surface area (Å²) in [6.45, 7) is 6.00. The number of benzene rings is 2. The molecule has 0 saturated carbocycles. The maximum Gasteiger partial charge on any atom is 0.193 e. The van der Waals surface area contributed by atoms with Crippen molar-refractivity contribution in [3.63, 3.8) is 0 Å². The van der Waals surface area contributed by atoms with Gasteiger partial charge in [0.05, 0.1) is 25.1 Å². The van der Waals surface area contributed by atoms with Gasteiger partial charge in [-0.2, -0.15) is 0 Å². The Bertz CT molecular complexity index is 921. The largest absolute Gasteiger partial charge is 0.493 e. The van der Waals surface area contributed by atoms with Crippen LogP contribution in [0.5, 0.6) is 11.5 Å². The van der Waals surface area contributed by atoms with Gasteiger partial charge in [-0.25, -0.2) is 4.39 Å². The van der Waals surface area contributed by atoms with E-state index in [1.165, 1.54) is 32.4 Å². The van der Waals surface area contributed by atoms with Crippen molar-refractivity contribution in [1.29, 1.82) is 0 Å². The first kappa shape index (κ1) is 20.9. The second-order valence-electron chi connectivity index (χ2n) is 4.78. The molecule has 0 saturated heterocycles. The van der Waals surface area contributed by atoms with Gasteiger partial charge in [-0.1, -0.05) is 26.0 Å². The molecule has 138 valence electrons. The predicted octanol–water partition coefficient (Wildman–Crippen LogP) is 4.19. The normalized spacial score (nSPS) is 9.42. The summed E-state index contributed by atoms with van der Waals surface area (Å²) >= 11 is 0. The second-order valence-corrected chi connectivity index (χ2v) is 4.78. The molecule has 0 radical (unpaired) electrons. The highest BCUT2D eigenvalue weighted by atomic mass is 19.1. The molecule has 0 spiro atoms. The number of hydrogen-bond acceptors (Lipinski definition) is 4. The molecule has 0 fully saturated rings. The van der Waals surface area contributed by atoms with Gasteiger partial charge >= 0.3 is 0 Å². The van der Waals surface area contributed by atoms with Crippen LogP contribution >= 0.6 is 0 Å². The van der Waals surface area contributed by atoms with Gasteiger partial charge in [-0.05, 0) is 24.3 Å². The molecule has 0 bridgehead atoms. The molecule has 0 aliphatic heterocycles. The molecule has 2 aromatic carbocycles. The number of rotatable bonds is 3. The van der Waals surface area contributed by atoms with Crippen LogP contribution in [0, 0.1) is 5.82 Å². The van der Waals surface area contributed by atoms with Crippen LogP contribution in [0.4, 0.5) is 4.39 Å². The fourth-order valence-corrected chi connectivity index (χ4v) is 2.47. The molecule has 1 aromatic heterocycles. The predicted molar refractivity (Wildman–Crippen MR) is 102 cm³/mol. The summed E-state index contributed by atoms with van der Waals surface area (Å²) in [4.78, 5) is 23.6. The third-order valence-electron chi connectivity index (χ3n) is 3.47. The molecule has 3 rings (SSSR count). The Hall–Kier alpha value is -3.15. The number of nitrogens with one attached hydrogen (secondary N) is 1. The van der Waals surface area contributed by atoms with E-state index in [4.69, 9.17) is 14.3 Å². The molecule has 1 heterocycles. The van der Waals surface area contributed by atoms with Crippen molar-refractivity contribution in [2.75, 3.05) is 14.2 Å². The number of carbonyl (C=O) groups excluding carboxylic acids is 1. The minimum Gasteiger partial charge on any atom is -0.493 e. The van der Waals surface area contributed by atoms with Gasteiger partial charge in [-0.15, -0.1) is 0 Å². The summed E-state index contributed by atoms with van der Waals surface area (Å²) in [6.07, 6.45) is 0. The van der Waals surface area contributed by atoms with Crippen LogP contribution in [0.25, 0.3) is 22.2 Å². The number of halogens is 1. The molecule has 5 nitrogen and oxygen atoms in total. The SMILES string of the molecule is C=O.CC.COc1ccc2[nH]c(-c3cccc(F)c3)cc(=O)c2c1OC. The average molecular weight is 359 g/mol. The van der Waals surface area contributed by atoms with Crippen LogP contribution < -0.4 is 14.9 Å². The van der Waals surface area contributed by atoms with Gasteiger partial charge in [-0.3, -0.25) is 4.79 Å². The Morgan fingerprint density at radius 2 is 1.69 bits per heavy atom. The number of aromatic nitrogens is 1. The summed E-state index contributed by atoms with van der Waals surface area (Å²) in [5.74, 6) is 0.511. The summed E-state index contributed by atoms with van der Waals surface area (Å²) in [5, 5.41) is 0.405. The van der Waals surface area contributed by atoms with Crippen molar-refractivity contribution < 1.29 is 18.7 Å². The number of ether oxygens (including phenoxy) is 2. The monoisotopic (exact) mass is 359 g/mol. The van der Waals surface area contributed by atoms with Crippen LogP contribution in [-0.2, 0) is 4.79 Å². The van der Waals surface area contributed by atoms with Crippen LogP contribution in [0.15, 0.2) is 47.3 Å². The maximum absolute atomic E-state index is 13.4. The smallest absolute Gasteiger partial charge is 0.193 e. The van der Waals surface area contributed by atoms with E-state index in [1.54, 1.807) is 24.3 Å². The summed E-state index contributed by atoms with van der Waals surface area (Å²) in [6, 6.07) is 10.9. The van der Waals surface area contributed by atoms with E-state index in [1.807, 2.05) is 20.6 Å². The highest BCUT2D eigenvalue weighted by Crippen LogP contribution is 2.33. The molecule has 0 atom stereocenters. The van der Waals surface area contributed by atoms with Gasteiger partial charge in [0, 0.05) is 17.3 Å². The zero-order chi connectivity index (χ0) is 19.7. The van der Waals surface area contributed by atoms with E-state index in [2.05, 4.69) is 4.98 Å². The Morgan fingerprint density at radius 3 is 2.27 bits per heavy atom. The Morgan fingerprint density at radius 1 is 1.00 bits per heavy atom. The average Bonchev–Trinajstić information content (AvgIpc) is 2.70. The number of H-pyrrole nitrogens is 1. The van der Waals surface area contributed by atoms with E-state index in [9.17, 15) is 9.18 Å². The van der Waals surface area contributed by atoms with Crippen molar-refractivity contribution in [3.05, 3.63) is 58.5 Å². The molecule has 0 aliphatic carbocycles. The van der Waals surface area contributed by atoms with E-state index < -0.39 is 0 Å². The summed E-state index contributed by atoms with van der Waals surface area (Å²) in [7, 11) is 3.00. The van der Waals surface area contributed by atoms with Gasteiger partial charge in [0.2, 0.25) is 0 Å². The van der Waals surface area contributed by atoms with Crippen molar-refractivity contribution >= 4 is 17.7 Å². The molecule has 26 heavy (non-hydrogen) atoms. The Kier molecular flexibility index (Phi) is 8.02. The topological polar surface area (TPSA) is 68.4 Å². The Labute approximate surface area is 151 Å². The van der Waals surface area contributed by atoms with E-state index in [-0.39, 0.29) is 11.2 Å². The lowest BCUT2D eigenvalue weighted by molar-refractivity contribution is -0.0979. The number of hydrogen-bond donors (Lipinski definition) is 1. The van der Waals surface area contributed by atoms with Crippen molar-refractivity contribution in [3.8, 4) is 22.8 Å². The molecule has 6 heteroatoms. The molecular formula is C20H22FNO4. The second kappa shape index (κ2) is 9.98. The number of fused-ring (bicyclic) bond motifs is 1. The van der Waals surface area contributed by atoms with Crippen LogP contribution in [0.2, 0.25) is 0 Å². The third kappa shape index (κ3) is 4.27. The minimum absolute atomic E-state index is 0.219. The lowest BCUT2D eigenvalue weighted by Gasteiger charge is -2.11. The van der Waals surface area contributed by atoms with Gasteiger partial charge in [0.15, 0.2) is 16.9 Å². The molecule has 1 N–H and O–H groups in total. The molecular weight excluding hydrogens is 337 g/mol. The number of pyridine rings is 1. The molecule has 0 amide bonds.